The molecule has 1 amide bonds. The molecule has 2 aromatic carbocycles. The summed E-state index contributed by atoms with van der Waals surface area (Å²) in [5.74, 6) is 0.862. The minimum Gasteiger partial charge on any atom is -0.495 e. The topological polar surface area (TPSA) is 53.6 Å². The smallest absolute Gasteiger partial charge is 0.227 e. The normalized spacial score (nSPS) is 16.6. The molecule has 2 N–H and O–H groups in total. The maximum Gasteiger partial charge on any atom is 0.227 e. The van der Waals surface area contributed by atoms with E-state index in [2.05, 4.69) is 33.7 Å². The molecule has 0 radical (unpaired) electrons. The number of para-hydroxylation sites is 3. The Morgan fingerprint density at radius 1 is 1.18 bits per heavy atom. The molecule has 0 saturated carbocycles. The minimum atomic E-state index is 0. The summed E-state index contributed by atoms with van der Waals surface area (Å²) in [7, 11) is 1.62. The fourth-order valence-electron chi connectivity index (χ4n) is 4.12. The van der Waals surface area contributed by atoms with E-state index in [1.54, 1.807) is 7.11 Å². The fraction of sp³-hybridized carbons (Fsp3) is 0.409. The Bertz CT molecular complexity index is 819. The van der Waals surface area contributed by atoms with Gasteiger partial charge in [0, 0.05) is 24.7 Å². The molecule has 0 atom stereocenters. The Morgan fingerprint density at radius 3 is 2.75 bits per heavy atom. The third-order valence-electron chi connectivity index (χ3n) is 5.65. The molecule has 0 unspecified atom stereocenters. The number of amides is 1. The van der Waals surface area contributed by atoms with Gasteiger partial charge in [0.05, 0.1) is 12.8 Å². The van der Waals surface area contributed by atoms with Gasteiger partial charge >= 0.3 is 0 Å². The second kappa shape index (κ2) is 9.30. The van der Waals surface area contributed by atoms with Crippen molar-refractivity contribution in [1.82, 2.24) is 4.90 Å². The maximum atomic E-state index is 12.7. The van der Waals surface area contributed by atoms with Gasteiger partial charge in [0.25, 0.3) is 0 Å². The predicted molar refractivity (Wildman–Crippen MR) is 116 cm³/mol. The van der Waals surface area contributed by atoms with E-state index in [4.69, 9.17) is 4.74 Å². The zero-order chi connectivity index (χ0) is 18.6. The van der Waals surface area contributed by atoms with Crippen molar-refractivity contribution < 1.29 is 9.53 Å². The summed E-state index contributed by atoms with van der Waals surface area (Å²) in [6.07, 6.45) is 2.90. The zero-order valence-corrected chi connectivity index (χ0v) is 17.1. The second-order valence-corrected chi connectivity index (χ2v) is 7.37. The fourth-order valence-corrected chi connectivity index (χ4v) is 4.12. The molecule has 0 spiro atoms. The molecule has 2 aromatic rings. The summed E-state index contributed by atoms with van der Waals surface area (Å²) >= 11 is 0. The lowest BCUT2D eigenvalue weighted by Gasteiger charge is -2.31. The van der Waals surface area contributed by atoms with Gasteiger partial charge in [-0.25, -0.2) is 0 Å². The van der Waals surface area contributed by atoms with E-state index in [-0.39, 0.29) is 24.2 Å². The number of nitrogens with one attached hydrogen (secondary N) is 2. The van der Waals surface area contributed by atoms with Gasteiger partial charge < -0.3 is 15.4 Å². The van der Waals surface area contributed by atoms with Crippen LogP contribution in [0.2, 0.25) is 0 Å². The highest BCUT2D eigenvalue weighted by molar-refractivity contribution is 5.94. The van der Waals surface area contributed by atoms with Gasteiger partial charge in [0.1, 0.15) is 5.75 Å². The third kappa shape index (κ3) is 4.42. The van der Waals surface area contributed by atoms with Crippen LogP contribution < -0.4 is 15.4 Å². The van der Waals surface area contributed by atoms with Gasteiger partial charge in [0.2, 0.25) is 5.91 Å². The van der Waals surface area contributed by atoms with Crippen LogP contribution in [0.25, 0.3) is 0 Å². The van der Waals surface area contributed by atoms with E-state index in [0.29, 0.717) is 5.75 Å². The molecule has 0 aliphatic carbocycles. The van der Waals surface area contributed by atoms with Crippen LogP contribution in [0.4, 0.5) is 11.4 Å². The Kier molecular flexibility index (Phi) is 6.81. The molecule has 2 aliphatic heterocycles. The maximum absolute atomic E-state index is 12.7. The number of likely N-dealkylation sites (tertiary alicyclic amines) is 1. The number of piperidine rings is 1. The molecule has 5 nitrogen and oxygen atoms in total. The number of fused-ring (bicyclic) bond motifs is 1. The number of methoxy groups -OCH3 is 1. The first-order valence-corrected chi connectivity index (χ1v) is 9.75. The van der Waals surface area contributed by atoms with Crippen molar-refractivity contribution in [2.24, 2.45) is 5.92 Å². The second-order valence-electron chi connectivity index (χ2n) is 7.37. The van der Waals surface area contributed by atoms with Gasteiger partial charge in [-0.05, 0) is 55.6 Å². The van der Waals surface area contributed by atoms with Crippen LogP contribution in [0.5, 0.6) is 5.75 Å². The molecule has 28 heavy (non-hydrogen) atoms. The first-order valence-electron chi connectivity index (χ1n) is 9.75. The molecule has 6 heteroatoms. The van der Waals surface area contributed by atoms with Crippen molar-refractivity contribution in [3.63, 3.8) is 0 Å². The van der Waals surface area contributed by atoms with Crippen molar-refractivity contribution in [3.05, 3.63) is 53.6 Å². The molecule has 1 saturated heterocycles. The summed E-state index contributed by atoms with van der Waals surface area (Å²) in [5, 5.41) is 6.56. The Balaban J connectivity index is 0.00000225. The SMILES string of the molecule is COc1ccccc1NC(=O)C1CCN(Cc2cccc3c2NCC3)CC1.Cl. The first-order chi connectivity index (χ1) is 13.2. The van der Waals surface area contributed by atoms with Crippen molar-refractivity contribution in [2.45, 2.75) is 25.8 Å². The van der Waals surface area contributed by atoms with Crippen molar-refractivity contribution in [2.75, 3.05) is 37.4 Å². The number of hydrogen-bond acceptors (Lipinski definition) is 4. The molecule has 0 bridgehead atoms. The average Bonchev–Trinajstić information content (AvgIpc) is 3.19. The largest absolute Gasteiger partial charge is 0.495 e. The van der Waals surface area contributed by atoms with Gasteiger partial charge in [-0.15, -0.1) is 12.4 Å². The first kappa shape index (κ1) is 20.5. The van der Waals surface area contributed by atoms with E-state index >= 15 is 0 Å². The zero-order valence-electron chi connectivity index (χ0n) is 16.2. The highest BCUT2D eigenvalue weighted by atomic mass is 35.5. The van der Waals surface area contributed by atoms with E-state index in [1.165, 1.54) is 16.8 Å². The van der Waals surface area contributed by atoms with Crippen molar-refractivity contribution >= 4 is 29.7 Å². The number of halogens is 1. The summed E-state index contributed by atoms with van der Waals surface area (Å²) < 4.78 is 5.32. The van der Waals surface area contributed by atoms with E-state index in [9.17, 15) is 4.79 Å². The molecule has 1 fully saturated rings. The molecular weight excluding hydrogens is 374 g/mol. The van der Waals surface area contributed by atoms with Gasteiger partial charge in [-0.3, -0.25) is 9.69 Å². The van der Waals surface area contributed by atoms with Gasteiger partial charge in [0.15, 0.2) is 0 Å². The highest BCUT2D eigenvalue weighted by Gasteiger charge is 2.26. The lowest BCUT2D eigenvalue weighted by atomic mass is 9.95. The third-order valence-corrected chi connectivity index (χ3v) is 5.65. The lowest BCUT2D eigenvalue weighted by molar-refractivity contribution is -0.121. The van der Waals surface area contributed by atoms with Crippen LogP contribution in [0.1, 0.15) is 24.0 Å². The lowest BCUT2D eigenvalue weighted by Crippen LogP contribution is -2.37. The number of rotatable bonds is 5. The Morgan fingerprint density at radius 2 is 1.96 bits per heavy atom. The summed E-state index contributed by atoms with van der Waals surface area (Å²) in [4.78, 5) is 15.1. The Labute approximate surface area is 172 Å². The van der Waals surface area contributed by atoms with Crippen LogP contribution in [0.3, 0.4) is 0 Å². The molecular formula is C22H28ClN3O2. The summed E-state index contributed by atoms with van der Waals surface area (Å²) in [5.41, 5.74) is 4.88. The van der Waals surface area contributed by atoms with E-state index < -0.39 is 0 Å². The van der Waals surface area contributed by atoms with Crippen LogP contribution in [-0.2, 0) is 17.8 Å². The van der Waals surface area contributed by atoms with Crippen LogP contribution in [0.15, 0.2) is 42.5 Å². The van der Waals surface area contributed by atoms with Crippen molar-refractivity contribution in [1.29, 1.82) is 0 Å². The van der Waals surface area contributed by atoms with E-state index in [0.717, 1.165) is 51.1 Å². The number of ether oxygens (including phenoxy) is 1. The summed E-state index contributed by atoms with van der Waals surface area (Å²) in [6.45, 7) is 3.90. The average molecular weight is 402 g/mol. The number of nitrogens with zero attached hydrogens (tertiary/aromatic N) is 1. The number of benzene rings is 2. The quantitative estimate of drug-likeness (QED) is 0.796. The molecule has 150 valence electrons. The molecule has 0 aromatic heterocycles. The standard InChI is InChI=1S/C22H27N3O2.ClH/c1-27-20-8-3-2-7-19(20)24-22(26)17-10-13-25(14-11-17)15-18-6-4-5-16-9-12-23-21(16)18;/h2-8,17,23H,9-15H2,1H3,(H,24,26);1H. The summed E-state index contributed by atoms with van der Waals surface area (Å²) in [6, 6.07) is 14.2. The highest BCUT2D eigenvalue weighted by Crippen LogP contribution is 2.29. The van der Waals surface area contributed by atoms with Gasteiger partial charge in [-0.2, -0.15) is 0 Å². The number of anilines is 2. The minimum absolute atomic E-state index is 0. The van der Waals surface area contributed by atoms with Gasteiger partial charge in [-0.1, -0.05) is 30.3 Å². The van der Waals surface area contributed by atoms with E-state index in [1.807, 2.05) is 24.3 Å². The molecule has 2 heterocycles. The van der Waals surface area contributed by atoms with Crippen LogP contribution in [0, 0.1) is 5.92 Å². The number of carbonyl (C=O) groups excluding carboxylic acids is 1. The van der Waals surface area contributed by atoms with Crippen LogP contribution in [-0.4, -0.2) is 37.6 Å². The Hall–Kier alpha value is -2.24. The van der Waals surface area contributed by atoms with Crippen molar-refractivity contribution in [3.8, 4) is 5.75 Å². The van der Waals surface area contributed by atoms with Crippen LogP contribution >= 0.6 is 12.4 Å². The number of hydrogen-bond donors (Lipinski definition) is 2. The molecule has 2 aliphatic rings. The molecule has 4 rings (SSSR count). The monoisotopic (exact) mass is 401 g/mol. The number of carbonyl (C=O) groups is 1. The predicted octanol–water partition coefficient (Wildman–Crippen LogP) is 3.94.